The molecule has 1 saturated heterocycles. The minimum atomic E-state index is 0.280. The fourth-order valence-electron chi connectivity index (χ4n) is 3.23. The van der Waals surface area contributed by atoms with Crippen LogP contribution in [0.2, 0.25) is 0 Å². The van der Waals surface area contributed by atoms with Crippen molar-refractivity contribution >= 4 is 17.2 Å². The van der Waals surface area contributed by atoms with Gasteiger partial charge >= 0.3 is 0 Å². The van der Waals surface area contributed by atoms with Gasteiger partial charge in [-0.1, -0.05) is 36.4 Å². The number of ether oxygens (including phenoxy) is 1. The molecule has 24 heavy (non-hydrogen) atoms. The maximum Gasteiger partial charge on any atom is 0.223 e. The Bertz CT molecular complexity index is 606. The summed E-state index contributed by atoms with van der Waals surface area (Å²) >= 11 is 1.77. The monoisotopic (exact) mass is 343 g/mol. The lowest BCUT2D eigenvalue weighted by Gasteiger charge is -2.34. The number of benzene rings is 1. The molecule has 0 spiro atoms. The van der Waals surface area contributed by atoms with Crippen LogP contribution < -0.4 is 0 Å². The molecule has 2 heterocycles. The van der Waals surface area contributed by atoms with E-state index in [9.17, 15) is 4.79 Å². The quantitative estimate of drug-likeness (QED) is 0.762. The highest BCUT2D eigenvalue weighted by Gasteiger charge is 2.25. The van der Waals surface area contributed by atoms with Gasteiger partial charge in [0.2, 0.25) is 5.91 Å². The summed E-state index contributed by atoms with van der Waals surface area (Å²) in [5.41, 5.74) is 1.23. The topological polar surface area (TPSA) is 29.5 Å². The number of hydrogen-bond acceptors (Lipinski definition) is 3. The van der Waals surface area contributed by atoms with E-state index in [0.717, 1.165) is 45.4 Å². The van der Waals surface area contributed by atoms with Crippen molar-refractivity contribution in [1.29, 1.82) is 0 Å². The Labute approximate surface area is 148 Å². The summed E-state index contributed by atoms with van der Waals surface area (Å²) in [6, 6.07) is 14.8. The molecule has 0 saturated carbocycles. The third kappa shape index (κ3) is 4.92. The summed E-state index contributed by atoms with van der Waals surface area (Å²) < 4.78 is 5.47. The summed E-state index contributed by atoms with van der Waals surface area (Å²) in [5, 5.41) is 2.10. The Morgan fingerprint density at radius 1 is 1.08 bits per heavy atom. The predicted molar refractivity (Wildman–Crippen MR) is 98.3 cm³/mol. The van der Waals surface area contributed by atoms with Gasteiger partial charge in [-0.25, -0.2) is 0 Å². The molecule has 0 unspecified atom stereocenters. The van der Waals surface area contributed by atoms with E-state index in [1.54, 1.807) is 11.3 Å². The van der Waals surface area contributed by atoms with E-state index in [1.807, 2.05) is 18.2 Å². The largest absolute Gasteiger partial charge is 0.381 e. The second-order valence-corrected chi connectivity index (χ2v) is 7.28. The van der Waals surface area contributed by atoms with Gasteiger partial charge in [0.05, 0.1) is 0 Å². The normalized spacial score (nSPS) is 15.3. The van der Waals surface area contributed by atoms with Crippen LogP contribution in [-0.4, -0.2) is 36.6 Å². The van der Waals surface area contributed by atoms with E-state index in [1.165, 1.54) is 10.4 Å². The first kappa shape index (κ1) is 17.2. The fourth-order valence-corrected chi connectivity index (χ4v) is 3.93. The van der Waals surface area contributed by atoms with Crippen molar-refractivity contribution in [2.24, 2.45) is 0 Å². The van der Waals surface area contributed by atoms with Crippen LogP contribution in [-0.2, 0) is 22.4 Å². The van der Waals surface area contributed by atoms with Crippen molar-refractivity contribution in [3.63, 3.8) is 0 Å². The first-order valence-corrected chi connectivity index (χ1v) is 9.64. The molecule has 128 valence electrons. The molecule has 3 rings (SSSR count). The zero-order valence-electron chi connectivity index (χ0n) is 14.0. The summed E-state index contributed by atoms with van der Waals surface area (Å²) in [6.45, 7) is 2.36. The van der Waals surface area contributed by atoms with Crippen molar-refractivity contribution < 1.29 is 9.53 Å². The van der Waals surface area contributed by atoms with Crippen LogP contribution in [0.15, 0.2) is 47.8 Å². The number of carbonyl (C=O) groups is 1. The van der Waals surface area contributed by atoms with Crippen molar-refractivity contribution in [2.45, 2.75) is 38.1 Å². The Kier molecular flexibility index (Phi) is 6.44. The van der Waals surface area contributed by atoms with Gasteiger partial charge in [0.1, 0.15) is 0 Å². The van der Waals surface area contributed by atoms with Crippen molar-refractivity contribution in [3.8, 4) is 0 Å². The molecule has 3 nitrogen and oxygen atoms in total. The first-order chi connectivity index (χ1) is 11.8. The summed E-state index contributed by atoms with van der Waals surface area (Å²) in [5.74, 6) is 0.280. The van der Waals surface area contributed by atoms with Crippen LogP contribution in [0.25, 0.3) is 0 Å². The van der Waals surface area contributed by atoms with Crippen LogP contribution in [0.4, 0.5) is 0 Å². The van der Waals surface area contributed by atoms with Crippen LogP contribution in [0.5, 0.6) is 0 Å². The number of hydrogen-bond donors (Lipinski definition) is 0. The Morgan fingerprint density at radius 2 is 1.88 bits per heavy atom. The smallest absolute Gasteiger partial charge is 0.223 e. The lowest BCUT2D eigenvalue weighted by Crippen LogP contribution is -2.44. The average Bonchev–Trinajstić information content (AvgIpc) is 3.15. The summed E-state index contributed by atoms with van der Waals surface area (Å²) in [4.78, 5) is 16.3. The van der Waals surface area contributed by atoms with Gasteiger partial charge < -0.3 is 9.64 Å². The summed E-state index contributed by atoms with van der Waals surface area (Å²) in [6.07, 6.45) is 4.28. The maximum atomic E-state index is 12.9. The standard InChI is InChI=1S/C20H25NO2S/c22-20(9-8-17-5-2-1-3-6-17)21(18-11-14-23-15-12-18)13-10-19-7-4-16-24-19/h1-7,16,18H,8-15H2. The number of aryl methyl sites for hydroxylation is 1. The van der Waals surface area contributed by atoms with Gasteiger partial charge in [-0.15, -0.1) is 11.3 Å². The number of amides is 1. The maximum absolute atomic E-state index is 12.9. The number of rotatable bonds is 7. The van der Waals surface area contributed by atoms with E-state index in [-0.39, 0.29) is 5.91 Å². The van der Waals surface area contributed by atoms with Gasteiger partial charge in [-0.2, -0.15) is 0 Å². The van der Waals surface area contributed by atoms with E-state index < -0.39 is 0 Å². The molecule has 1 aromatic heterocycles. The van der Waals surface area contributed by atoms with Crippen LogP contribution in [0.3, 0.4) is 0 Å². The molecule has 1 aliphatic rings. The van der Waals surface area contributed by atoms with Crippen LogP contribution in [0, 0.1) is 0 Å². The molecule has 1 amide bonds. The number of thiophene rings is 1. The minimum absolute atomic E-state index is 0.280. The van der Waals surface area contributed by atoms with Crippen LogP contribution in [0.1, 0.15) is 29.7 Å². The highest BCUT2D eigenvalue weighted by atomic mass is 32.1. The molecule has 2 aromatic rings. The van der Waals surface area contributed by atoms with E-state index in [4.69, 9.17) is 4.74 Å². The fraction of sp³-hybridized carbons (Fsp3) is 0.450. The van der Waals surface area contributed by atoms with E-state index >= 15 is 0 Å². The number of nitrogens with zero attached hydrogens (tertiary/aromatic N) is 1. The molecule has 1 aliphatic heterocycles. The second kappa shape index (κ2) is 9.00. The molecule has 0 N–H and O–H groups in total. The van der Waals surface area contributed by atoms with Crippen molar-refractivity contribution in [3.05, 3.63) is 58.3 Å². The Hall–Kier alpha value is -1.65. The average molecular weight is 343 g/mol. The van der Waals surface area contributed by atoms with Gasteiger partial charge in [0.15, 0.2) is 0 Å². The molecule has 1 aromatic carbocycles. The molecule has 0 aliphatic carbocycles. The first-order valence-electron chi connectivity index (χ1n) is 8.76. The molecule has 0 radical (unpaired) electrons. The molecule has 4 heteroatoms. The highest BCUT2D eigenvalue weighted by molar-refractivity contribution is 7.09. The Balaban J connectivity index is 1.59. The van der Waals surface area contributed by atoms with Gasteiger partial charge in [0.25, 0.3) is 0 Å². The summed E-state index contributed by atoms with van der Waals surface area (Å²) in [7, 11) is 0. The number of carbonyl (C=O) groups excluding carboxylic acids is 1. The predicted octanol–water partition coefficient (Wildman–Crippen LogP) is 3.93. The zero-order valence-corrected chi connectivity index (χ0v) is 14.8. The lowest BCUT2D eigenvalue weighted by molar-refractivity contribution is -0.135. The van der Waals surface area contributed by atoms with Gasteiger partial charge in [0, 0.05) is 37.1 Å². The molecule has 1 fully saturated rings. The van der Waals surface area contributed by atoms with Gasteiger partial charge in [-0.05, 0) is 42.7 Å². The third-order valence-electron chi connectivity index (χ3n) is 4.60. The van der Waals surface area contributed by atoms with Crippen molar-refractivity contribution in [1.82, 2.24) is 4.90 Å². The third-order valence-corrected chi connectivity index (χ3v) is 5.54. The van der Waals surface area contributed by atoms with Crippen molar-refractivity contribution in [2.75, 3.05) is 19.8 Å². The van der Waals surface area contributed by atoms with E-state index in [0.29, 0.717) is 12.5 Å². The zero-order chi connectivity index (χ0) is 16.6. The molecular weight excluding hydrogens is 318 g/mol. The second-order valence-electron chi connectivity index (χ2n) is 6.25. The molecule has 0 bridgehead atoms. The van der Waals surface area contributed by atoms with E-state index in [2.05, 4.69) is 34.5 Å². The highest BCUT2D eigenvalue weighted by Crippen LogP contribution is 2.18. The lowest BCUT2D eigenvalue weighted by atomic mass is 10.0. The van der Waals surface area contributed by atoms with Crippen LogP contribution >= 0.6 is 11.3 Å². The van der Waals surface area contributed by atoms with Gasteiger partial charge in [-0.3, -0.25) is 4.79 Å². The molecular formula is C20H25NO2S. The molecule has 0 atom stereocenters. The Morgan fingerprint density at radius 3 is 2.58 bits per heavy atom. The SMILES string of the molecule is O=C(CCc1ccccc1)N(CCc1cccs1)C1CCOCC1. The minimum Gasteiger partial charge on any atom is -0.381 e.